The van der Waals surface area contributed by atoms with E-state index in [1.165, 1.54) is 6.20 Å². The van der Waals surface area contributed by atoms with E-state index in [2.05, 4.69) is 14.9 Å². The molecule has 2 aromatic heterocycles. The normalized spacial score (nSPS) is 25.0. The van der Waals surface area contributed by atoms with Crippen molar-refractivity contribution in [1.82, 2.24) is 19.8 Å². The van der Waals surface area contributed by atoms with Crippen LogP contribution in [-0.4, -0.2) is 70.8 Å². The number of amides is 1. The van der Waals surface area contributed by atoms with E-state index in [0.29, 0.717) is 25.2 Å². The number of aromatic nitrogens is 2. The first-order chi connectivity index (χ1) is 12.5. The number of pyridine rings is 2. The molecule has 2 aliphatic rings. The lowest BCUT2D eigenvalue weighted by Crippen LogP contribution is -2.60. The summed E-state index contributed by atoms with van der Waals surface area (Å²) in [6.07, 6.45) is 6.66. The second-order valence-corrected chi connectivity index (χ2v) is 8.94. The predicted molar refractivity (Wildman–Crippen MR) is 96.2 cm³/mol. The van der Waals surface area contributed by atoms with Crippen molar-refractivity contribution in [2.45, 2.75) is 18.6 Å². The molecular formula is C18H20N4O3S. The summed E-state index contributed by atoms with van der Waals surface area (Å²) in [5.41, 5.74) is 1.54. The van der Waals surface area contributed by atoms with Crippen molar-refractivity contribution >= 4 is 15.7 Å². The van der Waals surface area contributed by atoms with Gasteiger partial charge in [-0.05, 0) is 23.8 Å². The van der Waals surface area contributed by atoms with Crippen molar-refractivity contribution < 1.29 is 13.2 Å². The molecule has 2 atom stereocenters. The third-order valence-electron chi connectivity index (χ3n) is 5.07. The first-order valence-electron chi connectivity index (χ1n) is 8.58. The average molecular weight is 372 g/mol. The van der Waals surface area contributed by atoms with E-state index in [9.17, 15) is 13.2 Å². The summed E-state index contributed by atoms with van der Waals surface area (Å²) in [5.74, 6) is -0.0340. The summed E-state index contributed by atoms with van der Waals surface area (Å²) >= 11 is 0. The Kier molecular flexibility index (Phi) is 4.46. The Morgan fingerprint density at radius 1 is 1.04 bits per heavy atom. The third kappa shape index (κ3) is 3.34. The van der Waals surface area contributed by atoms with Crippen LogP contribution in [-0.2, 0) is 16.4 Å². The highest BCUT2D eigenvalue weighted by molar-refractivity contribution is 7.91. The molecule has 0 radical (unpaired) electrons. The van der Waals surface area contributed by atoms with Gasteiger partial charge < -0.3 is 4.90 Å². The molecule has 0 bridgehead atoms. The largest absolute Gasteiger partial charge is 0.332 e. The molecule has 8 heteroatoms. The molecule has 2 fully saturated rings. The fourth-order valence-electron chi connectivity index (χ4n) is 3.85. The Labute approximate surface area is 152 Å². The molecule has 7 nitrogen and oxygen atoms in total. The Balaban J connectivity index is 1.59. The molecule has 0 aromatic carbocycles. The minimum Gasteiger partial charge on any atom is -0.332 e. The molecule has 136 valence electrons. The molecule has 2 unspecified atom stereocenters. The summed E-state index contributed by atoms with van der Waals surface area (Å²) in [7, 11) is -3.17. The van der Waals surface area contributed by atoms with Gasteiger partial charge >= 0.3 is 0 Å². The van der Waals surface area contributed by atoms with Gasteiger partial charge in [0.25, 0.3) is 5.91 Å². The van der Waals surface area contributed by atoms with Gasteiger partial charge in [-0.25, -0.2) is 8.42 Å². The Hall–Kier alpha value is -2.32. The molecule has 26 heavy (non-hydrogen) atoms. The topological polar surface area (TPSA) is 83.5 Å². The van der Waals surface area contributed by atoms with Crippen LogP contribution in [0.5, 0.6) is 0 Å². The number of piperazine rings is 1. The molecule has 2 saturated heterocycles. The van der Waals surface area contributed by atoms with E-state index < -0.39 is 9.84 Å². The average Bonchev–Trinajstić information content (AvgIpc) is 2.98. The maximum absolute atomic E-state index is 12.9. The van der Waals surface area contributed by atoms with Crippen LogP contribution in [0, 0.1) is 0 Å². The predicted octanol–water partition coefficient (Wildman–Crippen LogP) is 0.600. The van der Waals surface area contributed by atoms with E-state index in [1.54, 1.807) is 35.6 Å². The van der Waals surface area contributed by atoms with Gasteiger partial charge in [0.05, 0.1) is 23.1 Å². The minimum absolute atomic E-state index is 0.0210. The summed E-state index contributed by atoms with van der Waals surface area (Å²) in [4.78, 5) is 24.9. The van der Waals surface area contributed by atoms with E-state index in [1.807, 2.05) is 12.1 Å². The number of carbonyl (C=O) groups is 1. The van der Waals surface area contributed by atoms with Crippen molar-refractivity contribution in [3.8, 4) is 0 Å². The first-order valence-corrected chi connectivity index (χ1v) is 10.4. The fraction of sp³-hybridized carbons (Fsp3) is 0.389. The van der Waals surface area contributed by atoms with Crippen LogP contribution in [0.25, 0.3) is 0 Å². The van der Waals surface area contributed by atoms with Gasteiger partial charge in [-0.3, -0.25) is 19.7 Å². The molecule has 1 amide bonds. The zero-order valence-electron chi connectivity index (χ0n) is 14.2. The lowest BCUT2D eigenvalue weighted by Gasteiger charge is -2.43. The number of nitrogens with zero attached hydrogens (tertiary/aromatic N) is 4. The van der Waals surface area contributed by atoms with Gasteiger partial charge in [0.2, 0.25) is 0 Å². The second kappa shape index (κ2) is 6.77. The lowest BCUT2D eigenvalue weighted by atomic mass is 10.0. The van der Waals surface area contributed by atoms with Gasteiger partial charge in [0.1, 0.15) is 0 Å². The number of hydrogen-bond acceptors (Lipinski definition) is 6. The maximum Gasteiger partial charge on any atom is 0.255 e. The second-order valence-electron chi connectivity index (χ2n) is 6.78. The molecule has 2 aliphatic heterocycles. The highest BCUT2D eigenvalue weighted by atomic mass is 32.2. The smallest absolute Gasteiger partial charge is 0.255 e. The molecular weight excluding hydrogens is 352 g/mol. The minimum atomic E-state index is -3.17. The first kappa shape index (κ1) is 17.1. The van der Waals surface area contributed by atoms with Gasteiger partial charge in [0, 0.05) is 50.5 Å². The van der Waals surface area contributed by atoms with Gasteiger partial charge in [-0.1, -0.05) is 6.07 Å². The van der Waals surface area contributed by atoms with Crippen LogP contribution < -0.4 is 0 Å². The van der Waals surface area contributed by atoms with Crippen LogP contribution in [0.1, 0.15) is 15.9 Å². The molecule has 4 rings (SSSR count). The summed E-state index contributed by atoms with van der Waals surface area (Å²) in [6.45, 7) is 1.78. The highest BCUT2D eigenvalue weighted by Crippen LogP contribution is 2.29. The molecule has 0 saturated carbocycles. The third-order valence-corrected chi connectivity index (χ3v) is 6.77. The molecule has 0 N–H and O–H groups in total. The molecule has 0 aliphatic carbocycles. The SMILES string of the molecule is O=C(c1cccnc1)N1CCN(Cc2cccnc2)C2CS(=O)(=O)CC21. The Morgan fingerprint density at radius 3 is 2.46 bits per heavy atom. The van der Waals surface area contributed by atoms with Gasteiger partial charge in [0.15, 0.2) is 9.84 Å². The van der Waals surface area contributed by atoms with Crippen molar-refractivity contribution in [2.75, 3.05) is 24.6 Å². The van der Waals surface area contributed by atoms with Crippen LogP contribution in [0.2, 0.25) is 0 Å². The summed E-state index contributed by atoms with van der Waals surface area (Å²) < 4.78 is 24.6. The lowest BCUT2D eigenvalue weighted by molar-refractivity contribution is 0.0305. The van der Waals surface area contributed by atoms with E-state index in [0.717, 1.165) is 5.56 Å². The van der Waals surface area contributed by atoms with Crippen molar-refractivity contribution in [2.24, 2.45) is 0 Å². The van der Waals surface area contributed by atoms with Crippen LogP contribution in [0.15, 0.2) is 49.1 Å². The summed E-state index contributed by atoms with van der Waals surface area (Å²) in [6, 6.07) is 6.79. The van der Waals surface area contributed by atoms with Crippen molar-refractivity contribution in [3.05, 3.63) is 60.2 Å². The van der Waals surface area contributed by atoms with Crippen LogP contribution in [0.3, 0.4) is 0 Å². The Bertz CT molecular complexity index is 889. The number of rotatable bonds is 3. The number of carbonyl (C=O) groups excluding carboxylic acids is 1. The van der Waals surface area contributed by atoms with Crippen molar-refractivity contribution in [1.29, 1.82) is 0 Å². The van der Waals surface area contributed by atoms with Crippen LogP contribution in [0.4, 0.5) is 0 Å². The van der Waals surface area contributed by atoms with Gasteiger partial charge in [-0.15, -0.1) is 0 Å². The maximum atomic E-state index is 12.9. The monoisotopic (exact) mass is 372 g/mol. The Morgan fingerprint density at radius 2 is 1.77 bits per heavy atom. The van der Waals surface area contributed by atoms with E-state index >= 15 is 0 Å². The quantitative estimate of drug-likeness (QED) is 0.785. The molecule has 0 spiro atoms. The highest BCUT2D eigenvalue weighted by Gasteiger charge is 2.48. The standard InChI is InChI=1S/C18H20N4O3S/c23-18(15-4-2-6-20-10-15)22-8-7-21(11-14-3-1-5-19-9-14)16-12-26(24,25)13-17(16)22/h1-6,9-10,16-17H,7-8,11-13H2. The zero-order chi connectivity index (χ0) is 18.1. The van der Waals surface area contributed by atoms with Crippen molar-refractivity contribution in [3.63, 3.8) is 0 Å². The van der Waals surface area contributed by atoms with Gasteiger partial charge in [-0.2, -0.15) is 0 Å². The molecule has 4 heterocycles. The fourth-order valence-corrected chi connectivity index (χ4v) is 5.87. The van der Waals surface area contributed by atoms with E-state index in [-0.39, 0.29) is 29.5 Å². The van der Waals surface area contributed by atoms with E-state index in [4.69, 9.17) is 0 Å². The van der Waals surface area contributed by atoms with Crippen LogP contribution >= 0.6 is 0 Å². The molecule has 2 aromatic rings. The number of sulfone groups is 1. The summed E-state index contributed by atoms with van der Waals surface area (Å²) in [5, 5.41) is 0. The number of fused-ring (bicyclic) bond motifs is 1. The zero-order valence-corrected chi connectivity index (χ0v) is 15.0. The number of hydrogen-bond donors (Lipinski definition) is 0.